The Morgan fingerprint density at radius 1 is 1.04 bits per heavy atom. The number of nitrogens with one attached hydrogen (secondary N) is 2. The first kappa shape index (κ1) is 31.1. The summed E-state index contributed by atoms with van der Waals surface area (Å²) in [5, 5.41) is 11.4. The van der Waals surface area contributed by atoms with Crippen molar-refractivity contribution < 1.29 is 18.0 Å². The molecule has 5 heterocycles. The number of fused-ring (bicyclic) bond motifs is 1. The number of piperidine rings is 3. The van der Waals surface area contributed by atoms with E-state index in [-0.39, 0.29) is 23.6 Å². The molecule has 45 heavy (non-hydrogen) atoms. The van der Waals surface area contributed by atoms with Gasteiger partial charge in [-0.15, -0.1) is 6.42 Å². The van der Waals surface area contributed by atoms with Crippen LogP contribution in [0.2, 0.25) is 0 Å². The minimum absolute atomic E-state index is 0.125. The van der Waals surface area contributed by atoms with E-state index in [4.69, 9.17) is 6.42 Å². The van der Waals surface area contributed by atoms with Gasteiger partial charge in [0.25, 0.3) is 0 Å². The van der Waals surface area contributed by atoms with Crippen LogP contribution in [0.4, 0.5) is 5.95 Å². The zero-order valence-electron chi connectivity index (χ0n) is 25.6. The Bertz CT molecular complexity index is 1700. The van der Waals surface area contributed by atoms with Crippen molar-refractivity contribution in [2.75, 3.05) is 43.8 Å². The molecule has 12 nitrogen and oxygen atoms in total. The van der Waals surface area contributed by atoms with Crippen LogP contribution in [0.1, 0.15) is 73.6 Å². The SMILES string of the molecule is C#Cc1cnc(NC2CCN(S(=O)(=O)CCCN3CCC(c4ccc5c(C6CCC(=O)NC6=O)nn(C)c5c4)CC3)CC2)nc1. The Labute approximate surface area is 264 Å². The molecular weight excluding hydrogens is 592 g/mol. The fourth-order valence-corrected chi connectivity index (χ4v) is 8.31. The fraction of sp³-hybridized carbons (Fsp3) is 0.531. The third-order valence-electron chi connectivity index (χ3n) is 9.41. The molecule has 1 aromatic carbocycles. The van der Waals surface area contributed by atoms with E-state index in [0.717, 1.165) is 49.1 Å². The highest BCUT2D eigenvalue weighted by atomic mass is 32.2. The van der Waals surface area contributed by atoms with Crippen LogP contribution in [0.25, 0.3) is 10.9 Å². The van der Waals surface area contributed by atoms with Crippen LogP contribution in [0.15, 0.2) is 30.6 Å². The van der Waals surface area contributed by atoms with E-state index in [0.29, 0.717) is 62.6 Å². The summed E-state index contributed by atoms with van der Waals surface area (Å²) >= 11 is 0. The number of imide groups is 1. The average molecular weight is 633 g/mol. The molecule has 0 aliphatic carbocycles. The number of carbonyl (C=O) groups is 2. The van der Waals surface area contributed by atoms with Gasteiger partial charge in [-0.25, -0.2) is 22.7 Å². The maximum Gasteiger partial charge on any atom is 0.235 e. The first-order valence-electron chi connectivity index (χ1n) is 15.8. The van der Waals surface area contributed by atoms with Gasteiger partial charge in [0.1, 0.15) is 0 Å². The molecule has 1 unspecified atom stereocenters. The van der Waals surface area contributed by atoms with Gasteiger partial charge in [-0.05, 0) is 75.7 Å². The molecule has 2 aromatic heterocycles. The van der Waals surface area contributed by atoms with E-state index in [2.05, 4.69) is 54.7 Å². The second-order valence-electron chi connectivity index (χ2n) is 12.3. The summed E-state index contributed by atoms with van der Waals surface area (Å²) in [5.74, 6) is 2.68. The molecule has 0 radical (unpaired) electrons. The third kappa shape index (κ3) is 7.03. The van der Waals surface area contributed by atoms with Crippen LogP contribution >= 0.6 is 0 Å². The highest BCUT2D eigenvalue weighted by molar-refractivity contribution is 7.89. The smallest absolute Gasteiger partial charge is 0.235 e. The van der Waals surface area contributed by atoms with E-state index in [1.807, 2.05) is 11.7 Å². The van der Waals surface area contributed by atoms with Gasteiger partial charge in [0, 0.05) is 50.4 Å². The summed E-state index contributed by atoms with van der Waals surface area (Å²) in [6.45, 7) is 3.60. The minimum Gasteiger partial charge on any atom is -0.351 e. The molecule has 0 bridgehead atoms. The lowest BCUT2D eigenvalue weighted by molar-refractivity contribution is -0.134. The van der Waals surface area contributed by atoms with Crippen molar-refractivity contribution in [3.8, 4) is 12.3 Å². The number of benzene rings is 1. The first-order valence-corrected chi connectivity index (χ1v) is 17.4. The zero-order chi connectivity index (χ0) is 31.6. The normalized spacial score (nSPS) is 21.1. The lowest BCUT2D eigenvalue weighted by Gasteiger charge is -2.33. The van der Waals surface area contributed by atoms with Gasteiger partial charge in [-0.2, -0.15) is 5.10 Å². The van der Waals surface area contributed by atoms with E-state index in [1.165, 1.54) is 5.56 Å². The molecule has 3 fully saturated rings. The molecule has 3 aliphatic rings. The maximum absolute atomic E-state index is 13.1. The highest BCUT2D eigenvalue weighted by Gasteiger charge is 2.32. The summed E-state index contributed by atoms with van der Waals surface area (Å²) in [6.07, 6.45) is 13.4. The minimum atomic E-state index is -3.30. The highest BCUT2D eigenvalue weighted by Crippen LogP contribution is 2.34. The molecule has 1 atom stereocenters. The monoisotopic (exact) mass is 632 g/mol. The number of hydrogen-bond donors (Lipinski definition) is 2. The quantitative estimate of drug-likeness (QED) is 0.269. The Hall–Kier alpha value is -3.86. The van der Waals surface area contributed by atoms with Crippen LogP contribution in [0.3, 0.4) is 0 Å². The number of nitrogens with zero attached hydrogens (tertiary/aromatic N) is 6. The fourth-order valence-electron chi connectivity index (χ4n) is 6.80. The van der Waals surface area contributed by atoms with Crippen molar-refractivity contribution in [2.24, 2.45) is 7.05 Å². The van der Waals surface area contributed by atoms with Crippen LogP contribution in [-0.2, 0) is 26.7 Å². The lowest BCUT2D eigenvalue weighted by Crippen LogP contribution is -2.44. The molecule has 3 aliphatic heterocycles. The number of sulfonamides is 1. The molecule has 2 N–H and O–H groups in total. The molecule has 2 amide bonds. The van der Waals surface area contributed by atoms with Crippen molar-refractivity contribution in [1.29, 1.82) is 0 Å². The van der Waals surface area contributed by atoms with Gasteiger partial charge >= 0.3 is 0 Å². The van der Waals surface area contributed by atoms with Gasteiger partial charge in [-0.3, -0.25) is 19.6 Å². The predicted octanol–water partition coefficient (Wildman–Crippen LogP) is 2.34. The number of anilines is 1. The number of aryl methyl sites for hydroxylation is 1. The average Bonchev–Trinajstić information content (AvgIpc) is 3.37. The first-order chi connectivity index (χ1) is 21.7. The second-order valence-corrected chi connectivity index (χ2v) is 14.4. The molecule has 0 saturated carbocycles. The van der Waals surface area contributed by atoms with E-state index < -0.39 is 15.9 Å². The van der Waals surface area contributed by atoms with Gasteiger partial charge in [0.15, 0.2) is 0 Å². The Balaban J connectivity index is 0.953. The molecule has 0 spiro atoms. The predicted molar refractivity (Wildman–Crippen MR) is 171 cm³/mol. The van der Waals surface area contributed by atoms with Crippen LogP contribution in [0, 0.1) is 12.3 Å². The standard InChI is InChI=1S/C32H40N8O4S/c1-3-22-20-33-32(34-21-22)35-25-11-16-40(17-12-25)45(43,44)18-4-13-39-14-9-23(10-15-39)24-5-6-26-28(19-24)38(2)37-30(26)27-7-8-29(41)36-31(27)42/h1,5-6,19-21,23,25,27H,4,7-18H2,2H3,(H,33,34,35)(H,36,41,42). The number of hydrogen-bond acceptors (Lipinski definition) is 9. The van der Waals surface area contributed by atoms with Gasteiger partial charge in [0.2, 0.25) is 27.8 Å². The van der Waals surface area contributed by atoms with E-state index >= 15 is 0 Å². The molecular formula is C32H40N8O4S. The second kappa shape index (κ2) is 13.2. The van der Waals surface area contributed by atoms with Gasteiger partial charge in [0.05, 0.1) is 28.4 Å². The molecule has 3 saturated heterocycles. The maximum atomic E-state index is 13.1. The molecule has 3 aromatic rings. The number of aromatic nitrogens is 4. The Kier molecular flexibility index (Phi) is 9.16. The van der Waals surface area contributed by atoms with Crippen molar-refractivity contribution >= 4 is 38.7 Å². The summed E-state index contributed by atoms with van der Waals surface area (Å²) < 4.78 is 29.6. The molecule has 238 valence electrons. The van der Waals surface area contributed by atoms with Crippen molar-refractivity contribution in [3.63, 3.8) is 0 Å². The van der Waals surface area contributed by atoms with Crippen LogP contribution in [0.5, 0.6) is 0 Å². The molecule has 13 heteroatoms. The lowest BCUT2D eigenvalue weighted by atomic mass is 9.88. The summed E-state index contributed by atoms with van der Waals surface area (Å²) in [4.78, 5) is 34.9. The van der Waals surface area contributed by atoms with E-state index in [1.54, 1.807) is 16.7 Å². The number of carbonyl (C=O) groups excluding carboxylic acids is 2. The number of amides is 2. The number of likely N-dealkylation sites (tertiary alicyclic amines) is 1. The zero-order valence-corrected chi connectivity index (χ0v) is 26.4. The Morgan fingerprint density at radius 3 is 2.47 bits per heavy atom. The van der Waals surface area contributed by atoms with Crippen LogP contribution < -0.4 is 10.6 Å². The number of terminal acetylenes is 1. The summed E-state index contributed by atoms with van der Waals surface area (Å²) in [6, 6.07) is 6.52. The van der Waals surface area contributed by atoms with E-state index in [9.17, 15) is 18.0 Å². The largest absolute Gasteiger partial charge is 0.351 e. The van der Waals surface area contributed by atoms with Gasteiger partial charge < -0.3 is 10.2 Å². The van der Waals surface area contributed by atoms with Crippen molar-refractivity contribution in [2.45, 2.75) is 62.8 Å². The topological polar surface area (TPSA) is 142 Å². The third-order valence-corrected chi connectivity index (χ3v) is 11.4. The van der Waals surface area contributed by atoms with Crippen LogP contribution in [-0.4, -0.2) is 93.7 Å². The number of rotatable bonds is 9. The molecule has 6 rings (SSSR count). The van der Waals surface area contributed by atoms with Crippen molar-refractivity contribution in [1.82, 2.24) is 34.3 Å². The van der Waals surface area contributed by atoms with Crippen molar-refractivity contribution in [3.05, 3.63) is 47.4 Å². The summed E-state index contributed by atoms with van der Waals surface area (Å²) in [5.41, 5.74) is 3.61. The van der Waals surface area contributed by atoms with Gasteiger partial charge in [-0.1, -0.05) is 18.1 Å². The Morgan fingerprint density at radius 2 is 1.78 bits per heavy atom. The summed E-state index contributed by atoms with van der Waals surface area (Å²) in [7, 11) is -1.41.